The highest BCUT2D eigenvalue weighted by molar-refractivity contribution is 5.84. The number of nitrogens with one attached hydrogen (secondary N) is 1. The average Bonchev–Trinajstić information content (AvgIpc) is 2.98. The summed E-state index contributed by atoms with van der Waals surface area (Å²) < 4.78 is 2.38. The molecule has 4 fully saturated rings. The highest BCUT2D eigenvalue weighted by Gasteiger charge is 2.51. The molecule has 4 saturated carbocycles. The van der Waals surface area contributed by atoms with Crippen molar-refractivity contribution in [2.75, 3.05) is 0 Å². The molecule has 4 aliphatic carbocycles. The van der Waals surface area contributed by atoms with E-state index in [9.17, 15) is 4.79 Å². The van der Waals surface area contributed by atoms with Crippen LogP contribution < -0.4 is 5.32 Å². The topological polar surface area (TPSA) is 34.0 Å². The predicted octanol–water partition coefficient (Wildman–Crippen LogP) is 5.46. The van der Waals surface area contributed by atoms with E-state index in [0.29, 0.717) is 12.3 Å². The van der Waals surface area contributed by atoms with Gasteiger partial charge in [-0.05, 0) is 87.2 Å². The molecule has 1 aromatic carbocycles. The van der Waals surface area contributed by atoms with E-state index < -0.39 is 0 Å². The first-order valence-corrected chi connectivity index (χ1v) is 11.5. The maximum atomic E-state index is 12.8. The molecule has 3 nitrogen and oxygen atoms in total. The average molecular weight is 379 g/mol. The number of hydrogen-bond donors (Lipinski definition) is 1. The van der Waals surface area contributed by atoms with Crippen LogP contribution in [0.3, 0.4) is 0 Å². The SMILES string of the molecule is CCCn1cc(CCCC(=O)NC23CC4CC(CC(C4)C2)C3)c2ccccc21. The highest BCUT2D eigenvalue weighted by Crippen LogP contribution is 2.55. The van der Waals surface area contributed by atoms with E-state index in [1.807, 2.05) is 0 Å². The van der Waals surface area contributed by atoms with Gasteiger partial charge in [-0.25, -0.2) is 0 Å². The molecule has 4 aliphatic rings. The lowest BCUT2D eigenvalue weighted by atomic mass is 9.53. The van der Waals surface area contributed by atoms with Crippen molar-refractivity contribution in [3.63, 3.8) is 0 Å². The number of amides is 1. The van der Waals surface area contributed by atoms with Gasteiger partial charge in [-0.2, -0.15) is 0 Å². The molecule has 0 radical (unpaired) electrons. The van der Waals surface area contributed by atoms with E-state index in [1.165, 1.54) is 55.0 Å². The standard InChI is InChI=1S/C25H34N2O/c1-2-10-27-17-21(22-7-3-4-8-23(22)27)6-5-9-24(28)26-25-14-18-11-19(15-25)13-20(12-18)16-25/h3-4,7-8,17-20H,2,5-6,9-16H2,1H3,(H,26,28). The zero-order valence-electron chi connectivity index (χ0n) is 17.3. The fourth-order valence-electron chi connectivity index (χ4n) is 7.01. The molecule has 3 heteroatoms. The number of benzene rings is 1. The monoisotopic (exact) mass is 378 g/mol. The minimum absolute atomic E-state index is 0.156. The first-order chi connectivity index (χ1) is 13.6. The Hall–Kier alpha value is -1.77. The van der Waals surface area contributed by atoms with Crippen LogP contribution in [0.2, 0.25) is 0 Å². The molecule has 0 unspecified atom stereocenters. The second-order valence-electron chi connectivity index (χ2n) is 9.96. The number of nitrogens with zero attached hydrogens (tertiary/aromatic N) is 1. The third kappa shape index (κ3) is 3.38. The summed E-state index contributed by atoms with van der Waals surface area (Å²) in [6, 6.07) is 8.69. The summed E-state index contributed by atoms with van der Waals surface area (Å²) in [6.07, 6.45) is 14.1. The Kier molecular flexibility index (Phi) is 4.72. The van der Waals surface area contributed by atoms with Crippen molar-refractivity contribution in [3.05, 3.63) is 36.0 Å². The molecule has 0 spiro atoms. The third-order valence-electron chi connectivity index (χ3n) is 7.63. The largest absolute Gasteiger partial charge is 0.351 e. The van der Waals surface area contributed by atoms with Gasteiger partial charge in [0.05, 0.1) is 0 Å². The summed E-state index contributed by atoms with van der Waals surface area (Å²) in [5, 5.41) is 4.89. The first-order valence-electron chi connectivity index (χ1n) is 11.5. The number of aromatic nitrogens is 1. The zero-order valence-corrected chi connectivity index (χ0v) is 17.3. The molecule has 150 valence electrons. The summed E-state index contributed by atoms with van der Waals surface area (Å²) >= 11 is 0. The summed E-state index contributed by atoms with van der Waals surface area (Å²) in [5.74, 6) is 2.95. The minimum atomic E-state index is 0.156. The lowest BCUT2D eigenvalue weighted by Crippen LogP contribution is -2.59. The molecule has 0 saturated heterocycles. The normalized spacial score (nSPS) is 30.8. The zero-order chi connectivity index (χ0) is 19.1. The maximum absolute atomic E-state index is 12.8. The Morgan fingerprint density at radius 1 is 1.11 bits per heavy atom. The summed E-state index contributed by atoms with van der Waals surface area (Å²) in [6.45, 7) is 3.29. The lowest BCUT2D eigenvalue weighted by molar-refractivity contribution is -0.126. The Bertz CT molecular complexity index is 829. The summed E-state index contributed by atoms with van der Waals surface area (Å²) in [4.78, 5) is 12.8. The molecule has 1 heterocycles. The number of rotatable bonds is 7. The maximum Gasteiger partial charge on any atom is 0.220 e. The van der Waals surface area contributed by atoms with Gasteiger partial charge in [-0.15, -0.1) is 0 Å². The summed E-state index contributed by atoms with van der Waals surface area (Å²) in [5.41, 5.74) is 2.88. The van der Waals surface area contributed by atoms with E-state index in [2.05, 4.69) is 47.3 Å². The molecule has 1 N–H and O–H groups in total. The van der Waals surface area contributed by atoms with Gasteiger partial charge in [0.25, 0.3) is 0 Å². The van der Waals surface area contributed by atoms with Crippen LogP contribution in [0.5, 0.6) is 0 Å². The lowest BCUT2D eigenvalue weighted by Gasteiger charge is -2.56. The molecule has 1 aromatic heterocycles. The molecular formula is C25H34N2O. The summed E-state index contributed by atoms with van der Waals surface area (Å²) in [7, 11) is 0. The van der Waals surface area contributed by atoms with Gasteiger partial charge in [0.2, 0.25) is 5.91 Å². The molecule has 4 bridgehead atoms. The smallest absolute Gasteiger partial charge is 0.220 e. The van der Waals surface area contributed by atoms with Crippen molar-refractivity contribution in [3.8, 4) is 0 Å². The number of carbonyl (C=O) groups is 1. The minimum Gasteiger partial charge on any atom is -0.351 e. The highest BCUT2D eigenvalue weighted by atomic mass is 16.1. The number of para-hydroxylation sites is 1. The van der Waals surface area contributed by atoms with Gasteiger partial charge in [-0.3, -0.25) is 4.79 Å². The van der Waals surface area contributed by atoms with Crippen molar-refractivity contribution in [1.82, 2.24) is 9.88 Å². The van der Waals surface area contributed by atoms with Crippen molar-refractivity contribution in [2.24, 2.45) is 17.8 Å². The second kappa shape index (κ2) is 7.24. The van der Waals surface area contributed by atoms with Crippen LogP contribution >= 0.6 is 0 Å². The number of hydrogen-bond acceptors (Lipinski definition) is 1. The van der Waals surface area contributed by atoms with Crippen LogP contribution in [-0.2, 0) is 17.8 Å². The number of fused-ring (bicyclic) bond motifs is 1. The predicted molar refractivity (Wildman–Crippen MR) is 114 cm³/mol. The van der Waals surface area contributed by atoms with Gasteiger partial charge in [0, 0.05) is 35.6 Å². The Labute approximate surface area is 168 Å². The van der Waals surface area contributed by atoms with Gasteiger partial charge in [0.1, 0.15) is 0 Å². The van der Waals surface area contributed by atoms with Crippen molar-refractivity contribution < 1.29 is 4.79 Å². The van der Waals surface area contributed by atoms with Gasteiger partial charge in [-0.1, -0.05) is 25.1 Å². The van der Waals surface area contributed by atoms with E-state index in [4.69, 9.17) is 0 Å². The molecule has 2 aromatic rings. The Morgan fingerprint density at radius 2 is 1.79 bits per heavy atom. The fraction of sp³-hybridized carbons (Fsp3) is 0.640. The van der Waals surface area contributed by atoms with E-state index in [1.54, 1.807) is 0 Å². The van der Waals surface area contributed by atoms with Crippen LogP contribution in [0.25, 0.3) is 10.9 Å². The quantitative estimate of drug-likeness (QED) is 0.682. The van der Waals surface area contributed by atoms with Crippen molar-refractivity contribution >= 4 is 16.8 Å². The van der Waals surface area contributed by atoms with Crippen LogP contribution in [0.4, 0.5) is 0 Å². The molecule has 6 rings (SSSR count). The Morgan fingerprint density at radius 3 is 2.46 bits per heavy atom. The van der Waals surface area contributed by atoms with Crippen LogP contribution in [-0.4, -0.2) is 16.0 Å². The van der Waals surface area contributed by atoms with E-state index >= 15 is 0 Å². The molecule has 0 atom stereocenters. The molecule has 0 aliphatic heterocycles. The third-order valence-corrected chi connectivity index (χ3v) is 7.63. The first kappa shape index (κ1) is 18.3. The van der Waals surface area contributed by atoms with E-state index in [-0.39, 0.29) is 5.54 Å². The van der Waals surface area contributed by atoms with Gasteiger partial charge >= 0.3 is 0 Å². The molecule has 1 amide bonds. The van der Waals surface area contributed by atoms with Crippen LogP contribution in [0, 0.1) is 17.8 Å². The van der Waals surface area contributed by atoms with Crippen molar-refractivity contribution in [1.29, 1.82) is 0 Å². The van der Waals surface area contributed by atoms with Gasteiger partial charge < -0.3 is 9.88 Å². The number of carbonyl (C=O) groups excluding carboxylic acids is 1. The fourth-order valence-corrected chi connectivity index (χ4v) is 7.01. The second-order valence-corrected chi connectivity index (χ2v) is 9.96. The van der Waals surface area contributed by atoms with Crippen molar-refractivity contribution in [2.45, 2.75) is 83.2 Å². The Balaban J connectivity index is 1.20. The van der Waals surface area contributed by atoms with Crippen LogP contribution in [0.15, 0.2) is 30.5 Å². The van der Waals surface area contributed by atoms with E-state index in [0.717, 1.165) is 43.6 Å². The molecule has 28 heavy (non-hydrogen) atoms. The molecular weight excluding hydrogens is 344 g/mol. The van der Waals surface area contributed by atoms with Gasteiger partial charge in [0.15, 0.2) is 0 Å². The number of aryl methyl sites for hydroxylation is 2. The van der Waals surface area contributed by atoms with Crippen LogP contribution in [0.1, 0.15) is 70.3 Å².